The Labute approximate surface area is 122 Å². The van der Waals surface area contributed by atoms with E-state index in [0.29, 0.717) is 5.92 Å². The highest BCUT2D eigenvalue weighted by Gasteiger charge is 2.09. The van der Waals surface area contributed by atoms with Crippen molar-refractivity contribution in [3.63, 3.8) is 0 Å². The first-order valence-corrected chi connectivity index (χ1v) is 7.31. The second-order valence-electron chi connectivity index (χ2n) is 5.98. The molecule has 0 bridgehead atoms. The number of hydrogen-bond donors (Lipinski definition) is 1. The first-order valence-electron chi connectivity index (χ1n) is 7.31. The third-order valence-corrected chi connectivity index (χ3v) is 3.56. The van der Waals surface area contributed by atoms with Gasteiger partial charge in [0.2, 0.25) is 0 Å². The van der Waals surface area contributed by atoms with E-state index >= 15 is 0 Å². The summed E-state index contributed by atoms with van der Waals surface area (Å²) in [6.07, 6.45) is 1.97. The Morgan fingerprint density at radius 1 is 1.20 bits per heavy atom. The highest BCUT2D eigenvalue weighted by atomic mass is 15.3. The van der Waals surface area contributed by atoms with Crippen LogP contribution in [0.2, 0.25) is 0 Å². The monoisotopic (exact) mass is 271 g/mol. The van der Waals surface area contributed by atoms with Crippen LogP contribution < -0.4 is 5.32 Å². The molecule has 2 rings (SSSR count). The summed E-state index contributed by atoms with van der Waals surface area (Å²) in [6.45, 7) is 12.8. The van der Waals surface area contributed by atoms with E-state index in [1.165, 1.54) is 28.1 Å². The molecule has 0 saturated heterocycles. The van der Waals surface area contributed by atoms with E-state index in [4.69, 9.17) is 0 Å². The minimum Gasteiger partial charge on any atom is -0.312 e. The molecule has 0 aliphatic rings. The van der Waals surface area contributed by atoms with Crippen molar-refractivity contribution in [1.82, 2.24) is 15.1 Å². The van der Waals surface area contributed by atoms with Crippen LogP contribution in [0.15, 0.2) is 24.4 Å². The summed E-state index contributed by atoms with van der Waals surface area (Å²) in [5.41, 5.74) is 6.20. The first kappa shape index (κ1) is 14.8. The molecule has 1 aromatic heterocycles. The van der Waals surface area contributed by atoms with Gasteiger partial charge in [-0.05, 0) is 44.9 Å². The summed E-state index contributed by atoms with van der Waals surface area (Å²) >= 11 is 0. The van der Waals surface area contributed by atoms with Crippen molar-refractivity contribution >= 4 is 0 Å². The van der Waals surface area contributed by atoms with Gasteiger partial charge in [0.25, 0.3) is 0 Å². The summed E-state index contributed by atoms with van der Waals surface area (Å²) in [7, 11) is 0. The SMILES string of the molecule is Cc1ccc(-n2ncc(CNCC(C)C)c2C)c(C)c1. The number of aryl methyl sites for hydroxylation is 2. The molecule has 1 heterocycles. The van der Waals surface area contributed by atoms with Crippen molar-refractivity contribution in [2.45, 2.75) is 41.2 Å². The molecule has 0 aliphatic carbocycles. The molecule has 108 valence electrons. The summed E-state index contributed by atoms with van der Waals surface area (Å²) in [5.74, 6) is 0.671. The lowest BCUT2D eigenvalue weighted by Crippen LogP contribution is -2.19. The second-order valence-corrected chi connectivity index (χ2v) is 5.98. The van der Waals surface area contributed by atoms with Crippen LogP contribution in [0, 0.1) is 26.7 Å². The van der Waals surface area contributed by atoms with Gasteiger partial charge >= 0.3 is 0 Å². The molecule has 0 atom stereocenters. The highest BCUT2D eigenvalue weighted by molar-refractivity contribution is 5.43. The van der Waals surface area contributed by atoms with Crippen molar-refractivity contribution < 1.29 is 0 Å². The fourth-order valence-corrected chi connectivity index (χ4v) is 2.40. The van der Waals surface area contributed by atoms with Crippen LogP contribution >= 0.6 is 0 Å². The lowest BCUT2D eigenvalue weighted by Gasteiger charge is -2.10. The molecule has 2 aromatic rings. The van der Waals surface area contributed by atoms with Crippen LogP contribution in [0.4, 0.5) is 0 Å². The lowest BCUT2D eigenvalue weighted by atomic mass is 10.1. The smallest absolute Gasteiger partial charge is 0.0678 e. The third kappa shape index (κ3) is 3.28. The van der Waals surface area contributed by atoms with Gasteiger partial charge in [-0.15, -0.1) is 0 Å². The topological polar surface area (TPSA) is 29.9 Å². The summed E-state index contributed by atoms with van der Waals surface area (Å²) in [4.78, 5) is 0. The van der Waals surface area contributed by atoms with Gasteiger partial charge in [-0.1, -0.05) is 31.5 Å². The predicted octanol–water partition coefficient (Wildman–Crippen LogP) is 3.54. The van der Waals surface area contributed by atoms with E-state index in [-0.39, 0.29) is 0 Å². The minimum atomic E-state index is 0.671. The molecule has 0 spiro atoms. The average Bonchev–Trinajstić information content (AvgIpc) is 2.71. The lowest BCUT2D eigenvalue weighted by molar-refractivity contribution is 0.551. The Morgan fingerprint density at radius 2 is 1.95 bits per heavy atom. The number of nitrogens with zero attached hydrogens (tertiary/aromatic N) is 2. The fourth-order valence-electron chi connectivity index (χ4n) is 2.40. The highest BCUT2D eigenvalue weighted by Crippen LogP contribution is 2.18. The van der Waals surface area contributed by atoms with Crippen molar-refractivity contribution in [1.29, 1.82) is 0 Å². The van der Waals surface area contributed by atoms with Gasteiger partial charge in [0.15, 0.2) is 0 Å². The van der Waals surface area contributed by atoms with E-state index in [1.807, 2.05) is 10.9 Å². The average molecular weight is 271 g/mol. The quantitative estimate of drug-likeness (QED) is 0.901. The summed E-state index contributed by atoms with van der Waals surface area (Å²) in [6, 6.07) is 6.49. The largest absolute Gasteiger partial charge is 0.312 e. The van der Waals surface area contributed by atoms with Gasteiger partial charge in [0, 0.05) is 17.8 Å². The predicted molar refractivity (Wildman–Crippen MR) is 84.3 cm³/mol. The molecule has 3 nitrogen and oxygen atoms in total. The molecule has 0 amide bonds. The van der Waals surface area contributed by atoms with Crippen LogP contribution in [0.5, 0.6) is 0 Å². The van der Waals surface area contributed by atoms with Gasteiger partial charge < -0.3 is 5.32 Å². The van der Waals surface area contributed by atoms with Gasteiger partial charge in [-0.2, -0.15) is 5.10 Å². The van der Waals surface area contributed by atoms with Crippen LogP contribution in [0.3, 0.4) is 0 Å². The summed E-state index contributed by atoms with van der Waals surface area (Å²) < 4.78 is 2.04. The zero-order valence-electron chi connectivity index (χ0n) is 13.2. The van der Waals surface area contributed by atoms with Crippen molar-refractivity contribution in [3.8, 4) is 5.69 Å². The number of rotatable bonds is 5. The second kappa shape index (κ2) is 6.23. The molecular weight excluding hydrogens is 246 g/mol. The van der Waals surface area contributed by atoms with Gasteiger partial charge in [0.05, 0.1) is 11.9 Å². The normalized spacial score (nSPS) is 11.3. The van der Waals surface area contributed by atoms with Crippen molar-refractivity contribution in [2.24, 2.45) is 5.92 Å². The molecule has 3 heteroatoms. The van der Waals surface area contributed by atoms with Gasteiger partial charge in [-0.3, -0.25) is 0 Å². The van der Waals surface area contributed by atoms with E-state index < -0.39 is 0 Å². The molecular formula is C17H25N3. The van der Waals surface area contributed by atoms with E-state index in [1.54, 1.807) is 0 Å². The maximum atomic E-state index is 4.55. The minimum absolute atomic E-state index is 0.671. The Kier molecular flexibility index (Phi) is 4.61. The number of aromatic nitrogens is 2. The maximum absolute atomic E-state index is 4.55. The first-order chi connectivity index (χ1) is 9.49. The summed E-state index contributed by atoms with van der Waals surface area (Å²) in [5, 5.41) is 8.03. The zero-order chi connectivity index (χ0) is 14.7. The number of nitrogens with one attached hydrogen (secondary N) is 1. The molecule has 20 heavy (non-hydrogen) atoms. The Morgan fingerprint density at radius 3 is 2.60 bits per heavy atom. The molecule has 0 saturated carbocycles. The van der Waals surface area contributed by atoms with E-state index in [0.717, 1.165) is 13.1 Å². The van der Waals surface area contributed by atoms with Crippen molar-refractivity contribution in [3.05, 3.63) is 46.8 Å². The van der Waals surface area contributed by atoms with Crippen LogP contribution in [-0.4, -0.2) is 16.3 Å². The molecule has 0 radical (unpaired) electrons. The Balaban J connectivity index is 2.20. The molecule has 0 unspecified atom stereocenters. The number of benzene rings is 1. The van der Waals surface area contributed by atoms with Crippen LogP contribution in [0.1, 0.15) is 36.2 Å². The zero-order valence-corrected chi connectivity index (χ0v) is 13.2. The third-order valence-electron chi connectivity index (χ3n) is 3.56. The molecule has 0 fully saturated rings. The van der Waals surface area contributed by atoms with Gasteiger partial charge in [-0.25, -0.2) is 4.68 Å². The van der Waals surface area contributed by atoms with E-state index in [9.17, 15) is 0 Å². The maximum Gasteiger partial charge on any atom is 0.0678 e. The standard InChI is InChI=1S/C17H25N3/c1-12(2)9-18-10-16-11-19-20(15(16)5)17-7-6-13(3)8-14(17)4/h6-8,11-12,18H,9-10H2,1-5H3. The molecule has 1 aromatic carbocycles. The molecule has 1 N–H and O–H groups in total. The van der Waals surface area contributed by atoms with Crippen LogP contribution in [-0.2, 0) is 6.54 Å². The molecule has 0 aliphatic heterocycles. The van der Waals surface area contributed by atoms with Crippen LogP contribution in [0.25, 0.3) is 5.69 Å². The Hall–Kier alpha value is -1.61. The van der Waals surface area contributed by atoms with Crippen molar-refractivity contribution in [2.75, 3.05) is 6.54 Å². The fraction of sp³-hybridized carbons (Fsp3) is 0.471. The number of hydrogen-bond acceptors (Lipinski definition) is 2. The van der Waals surface area contributed by atoms with Gasteiger partial charge in [0.1, 0.15) is 0 Å². The van der Waals surface area contributed by atoms with E-state index in [2.05, 4.69) is 63.2 Å². The Bertz CT molecular complexity index is 582.